The molecule has 5 rings (SSSR count). The Labute approximate surface area is 203 Å². The van der Waals surface area contributed by atoms with Crippen molar-refractivity contribution in [2.24, 2.45) is 0 Å². The van der Waals surface area contributed by atoms with Gasteiger partial charge >= 0.3 is 6.09 Å². The standard InChI is InChI=1S/C24H33N7O4/c1-24(2,3)35-23(33)30-11-7-16(8-12-30)18-13-19(32)26-21-17(14-25-31(18)21)22-28-27-20(34-22)15-29-9-5-4-6-10-29/h13-14,16H,4-12,15H2,1-3H3,(H,26,32). The molecule has 0 atom stereocenters. The van der Waals surface area contributed by atoms with Gasteiger partial charge < -0.3 is 19.0 Å². The molecule has 2 aliphatic rings. The molecule has 0 unspecified atom stereocenters. The largest absolute Gasteiger partial charge is 0.444 e. The van der Waals surface area contributed by atoms with E-state index in [1.54, 1.807) is 21.7 Å². The van der Waals surface area contributed by atoms with E-state index in [4.69, 9.17) is 9.15 Å². The van der Waals surface area contributed by atoms with E-state index in [0.717, 1.165) is 18.8 Å². The second-order valence-corrected chi connectivity index (χ2v) is 10.5. The average Bonchev–Trinajstić information content (AvgIpc) is 3.45. The number of hydrogen-bond acceptors (Lipinski definition) is 8. The third kappa shape index (κ3) is 5.24. The number of amides is 1. The molecule has 11 nitrogen and oxygen atoms in total. The van der Waals surface area contributed by atoms with Crippen molar-refractivity contribution in [2.45, 2.75) is 70.9 Å². The number of carbonyl (C=O) groups is 1. The minimum absolute atomic E-state index is 0.0867. The zero-order chi connectivity index (χ0) is 24.6. The van der Waals surface area contributed by atoms with E-state index in [-0.39, 0.29) is 17.6 Å². The number of aromatic amines is 1. The Morgan fingerprint density at radius 2 is 1.89 bits per heavy atom. The number of piperidine rings is 2. The van der Waals surface area contributed by atoms with Crippen molar-refractivity contribution < 1.29 is 13.9 Å². The van der Waals surface area contributed by atoms with Crippen LogP contribution >= 0.6 is 0 Å². The zero-order valence-corrected chi connectivity index (χ0v) is 20.6. The highest BCUT2D eigenvalue weighted by atomic mass is 16.6. The van der Waals surface area contributed by atoms with Gasteiger partial charge in [0, 0.05) is 25.1 Å². The molecule has 0 aromatic carbocycles. The number of aromatic nitrogens is 5. The highest BCUT2D eigenvalue weighted by Gasteiger charge is 2.29. The molecule has 11 heteroatoms. The fourth-order valence-corrected chi connectivity index (χ4v) is 4.88. The van der Waals surface area contributed by atoms with Crippen molar-refractivity contribution in [2.75, 3.05) is 26.2 Å². The molecular weight excluding hydrogens is 450 g/mol. The molecule has 5 heterocycles. The van der Waals surface area contributed by atoms with Gasteiger partial charge in [-0.3, -0.25) is 9.69 Å². The highest BCUT2D eigenvalue weighted by molar-refractivity contribution is 5.71. The van der Waals surface area contributed by atoms with Crippen LogP contribution in [0.25, 0.3) is 17.1 Å². The first-order chi connectivity index (χ1) is 16.8. The van der Waals surface area contributed by atoms with E-state index in [2.05, 4.69) is 25.2 Å². The maximum absolute atomic E-state index is 12.6. The van der Waals surface area contributed by atoms with Gasteiger partial charge in [-0.1, -0.05) is 6.42 Å². The Kier molecular flexibility index (Phi) is 6.35. The first-order valence-corrected chi connectivity index (χ1v) is 12.4. The lowest BCUT2D eigenvalue weighted by molar-refractivity contribution is 0.0203. The van der Waals surface area contributed by atoms with E-state index >= 15 is 0 Å². The maximum atomic E-state index is 12.6. The second kappa shape index (κ2) is 9.44. The topological polar surface area (TPSA) is 122 Å². The van der Waals surface area contributed by atoms with Crippen LogP contribution in [-0.4, -0.2) is 72.5 Å². The van der Waals surface area contributed by atoms with Gasteiger partial charge in [-0.15, -0.1) is 10.2 Å². The van der Waals surface area contributed by atoms with Crippen LogP contribution in [0, 0.1) is 0 Å². The normalized spacial score (nSPS) is 18.3. The monoisotopic (exact) mass is 483 g/mol. The predicted molar refractivity (Wildman–Crippen MR) is 128 cm³/mol. The summed E-state index contributed by atoms with van der Waals surface area (Å²) in [5, 5.41) is 13.0. The van der Waals surface area contributed by atoms with Crippen molar-refractivity contribution in [3.63, 3.8) is 0 Å². The van der Waals surface area contributed by atoms with Crippen LogP contribution in [0.15, 0.2) is 21.5 Å². The lowest BCUT2D eigenvalue weighted by atomic mass is 9.93. The fraction of sp³-hybridized carbons (Fsp3) is 0.625. The van der Waals surface area contributed by atoms with Crippen molar-refractivity contribution in [3.8, 4) is 11.5 Å². The molecule has 0 spiro atoms. The molecule has 188 valence electrons. The van der Waals surface area contributed by atoms with Crippen molar-refractivity contribution in [1.82, 2.24) is 34.6 Å². The SMILES string of the molecule is CC(C)(C)OC(=O)N1CCC(c2cc(=O)[nH]c3c(-c4nnc(CN5CCCCC5)o4)cnn23)CC1. The molecule has 2 aliphatic heterocycles. The molecular formula is C24H33N7O4. The van der Waals surface area contributed by atoms with E-state index in [1.165, 1.54) is 19.3 Å². The van der Waals surface area contributed by atoms with E-state index in [1.807, 2.05) is 20.8 Å². The van der Waals surface area contributed by atoms with Gasteiger partial charge in [0.15, 0.2) is 0 Å². The number of hydrogen-bond donors (Lipinski definition) is 1. The van der Waals surface area contributed by atoms with Crippen LogP contribution in [0.1, 0.15) is 70.4 Å². The van der Waals surface area contributed by atoms with E-state index in [0.29, 0.717) is 55.5 Å². The molecule has 3 aromatic rings. The zero-order valence-electron chi connectivity index (χ0n) is 20.6. The summed E-state index contributed by atoms with van der Waals surface area (Å²) in [6.07, 6.45) is 6.43. The highest BCUT2D eigenvalue weighted by Crippen LogP contribution is 2.30. The minimum Gasteiger partial charge on any atom is -0.444 e. The van der Waals surface area contributed by atoms with Gasteiger partial charge in [0.05, 0.1) is 18.4 Å². The molecule has 0 saturated carbocycles. The molecule has 1 amide bonds. The summed E-state index contributed by atoms with van der Waals surface area (Å²) in [6.45, 7) is 9.41. The summed E-state index contributed by atoms with van der Waals surface area (Å²) in [5.41, 5.74) is 1.22. The quantitative estimate of drug-likeness (QED) is 0.600. The maximum Gasteiger partial charge on any atom is 0.410 e. The van der Waals surface area contributed by atoms with Crippen molar-refractivity contribution in [3.05, 3.63) is 34.2 Å². The molecule has 0 bridgehead atoms. The van der Waals surface area contributed by atoms with Crippen LogP contribution in [-0.2, 0) is 11.3 Å². The third-order valence-electron chi connectivity index (χ3n) is 6.60. The van der Waals surface area contributed by atoms with Gasteiger partial charge in [0.2, 0.25) is 5.89 Å². The number of H-pyrrole nitrogens is 1. The molecule has 1 N–H and O–H groups in total. The van der Waals surface area contributed by atoms with Gasteiger partial charge in [-0.2, -0.15) is 5.10 Å². The number of rotatable bonds is 4. The molecule has 0 aliphatic carbocycles. The van der Waals surface area contributed by atoms with E-state index in [9.17, 15) is 9.59 Å². The lowest BCUT2D eigenvalue weighted by Crippen LogP contribution is -2.41. The Balaban J connectivity index is 1.34. The van der Waals surface area contributed by atoms with Gasteiger partial charge in [-0.25, -0.2) is 9.31 Å². The predicted octanol–water partition coefficient (Wildman–Crippen LogP) is 3.17. The number of carbonyl (C=O) groups excluding carboxylic acids is 1. The van der Waals surface area contributed by atoms with Gasteiger partial charge in [-0.05, 0) is 59.5 Å². The van der Waals surface area contributed by atoms with Crippen molar-refractivity contribution >= 4 is 11.7 Å². The number of nitrogens with zero attached hydrogens (tertiary/aromatic N) is 6. The van der Waals surface area contributed by atoms with Crippen molar-refractivity contribution in [1.29, 1.82) is 0 Å². The first-order valence-electron chi connectivity index (χ1n) is 12.4. The average molecular weight is 484 g/mol. The number of likely N-dealkylation sites (tertiary alicyclic amines) is 2. The van der Waals surface area contributed by atoms with Crippen LogP contribution in [0.3, 0.4) is 0 Å². The van der Waals surface area contributed by atoms with E-state index < -0.39 is 5.60 Å². The smallest absolute Gasteiger partial charge is 0.410 e. The van der Waals surface area contributed by atoms with Crippen LogP contribution in [0.2, 0.25) is 0 Å². The van der Waals surface area contributed by atoms with Crippen LogP contribution in [0.5, 0.6) is 0 Å². The number of nitrogens with one attached hydrogen (secondary N) is 1. The van der Waals surface area contributed by atoms with Gasteiger partial charge in [0.1, 0.15) is 16.8 Å². The third-order valence-corrected chi connectivity index (χ3v) is 6.60. The summed E-state index contributed by atoms with van der Waals surface area (Å²) in [6, 6.07) is 1.59. The number of fused-ring (bicyclic) bond motifs is 1. The molecule has 3 aromatic heterocycles. The minimum atomic E-state index is -0.527. The summed E-state index contributed by atoms with van der Waals surface area (Å²) >= 11 is 0. The second-order valence-electron chi connectivity index (χ2n) is 10.5. The Hall–Kier alpha value is -3.21. The summed E-state index contributed by atoms with van der Waals surface area (Å²) in [5.74, 6) is 0.998. The van der Waals surface area contributed by atoms with Gasteiger partial charge in [0.25, 0.3) is 11.4 Å². The Morgan fingerprint density at radius 3 is 2.60 bits per heavy atom. The summed E-state index contributed by atoms with van der Waals surface area (Å²) in [4.78, 5) is 31.9. The number of ether oxygens (including phenoxy) is 1. The Bertz CT molecular complexity index is 1240. The Morgan fingerprint density at radius 1 is 1.14 bits per heavy atom. The molecule has 2 fully saturated rings. The van der Waals surface area contributed by atoms with Crippen LogP contribution in [0.4, 0.5) is 4.79 Å². The molecule has 0 radical (unpaired) electrons. The lowest BCUT2D eigenvalue weighted by Gasteiger charge is -2.33. The first kappa shape index (κ1) is 23.5. The summed E-state index contributed by atoms with van der Waals surface area (Å²) in [7, 11) is 0. The molecule has 35 heavy (non-hydrogen) atoms. The fourth-order valence-electron chi connectivity index (χ4n) is 4.88. The molecule has 2 saturated heterocycles. The van der Waals surface area contributed by atoms with Crippen LogP contribution < -0.4 is 5.56 Å². The summed E-state index contributed by atoms with van der Waals surface area (Å²) < 4.78 is 13.2.